The van der Waals surface area contributed by atoms with Crippen molar-refractivity contribution in [2.75, 3.05) is 24.8 Å². The zero-order valence-electron chi connectivity index (χ0n) is 12.7. The van der Waals surface area contributed by atoms with Gasteiger partial charge in [0.05, 0.1) is 29.6 Å². The van der Waals surface area contributed by atoms with E-state index in [9.17, 15) is 4.79 Å². The number of carbonyl (C=O) groups is 1. The second-order valence-electron chi connectivity index (χ2n) is 4.57. The molecule has 1 aromatic heterocycles. The van der Waals surface area contributed by atoms with Crippen molar-refractivity contribution in [2.45, 2.75) is 6.92 Å². The van der Waals surface area contributed by atoms with E-state index in [1.807, 2.05) is 0 Å². The van der Waals surface area contributed by atoms with E-state index in [0.717, 1.165) is 0 Å². The molecule has 122 valence electrons. The number of ether oxygens (including phenoxy) is 1. The minimum absolute atomic E-state index is 0.202. The number of carbonyl (C=O) groups excluding carboxylic acids is 1. The lowest BCUT2D eigenvalue weighted by molar-refractivity contribution is 0.0997. The highest BCUT2D eigenvalue weighted by Gasteiger charge is 2.19. The van der Waals surface area contributed by atoms with Gasteiger partial charge in [0, 0.05) is 12.6 Å². The largest absolute Gasteiger partial charge is 0.496 e. The first kappa shape index (κ1) is 17.1. The van der Waals surface area contributed by atoms with Crippen molar-refractivity contribution in [1.82, 2.24) is 9.97 Å². The van der Waals surface area contributed by atoms with Crippen LogP contribution < -0.4 is 21.1 Å². The van der Waals surface area contributed by atoms with Crippen LogP contribution in [0.4, 0.5) is 17.5 Å². The average Bonchev–Trinajstić information content (AvgIpc) is 2.52. The Bertz CT molecular complexity index is 767. The fourth-order valence-corrected chi connectivity index (χ4v) is 2.56. The van der Waals surface area contributed by atoms with E-state index in [0.29, 0.717) is 32.9 Å². The number of anilines is 3. The zero-order chi connectivity index (χ0) is 17.1. The second-order valence-corrected chi connectivity index (χ2v) is 5.38. The number of hydrogen-bond acceptors (Lipinski definition) is 6. The number of primary amides is 1. The molecule has 0 bridgehead atoms. The Balaban J connectivity index is 2.50. The summed E-state index contributed by atoms with van der Waals surface area (Å²) in [6.07, 6.45) is 1.46. The normalized spacial score (nSPS) is 10.3. The van der Waals surface area contributed by atoms with Crippen molar-refractivity contribution in [3.8, 4) is 5.75 Å². The summed E-state index contributed by atoms with van der Waals surface area (Å²) in [6.45, 7) is 1.74. The quantitative estimate of drug-likeness (QED) is 0.761. The lowest BCUT2D eigenvalue weighted by Gasteiger charge is -2.16. The molecule has 1 amide bonds. The molecule has 0 aliphatic heterocycles. The SMILES string of the molecule is CNc1nc(Nc2c(Cl)cc(C(N)=O)c(OC)c2C)ncc1Cl. The van der Waals surface area contributed by atoms with Crippen LogP contribution in [0.25, 0.3) is 0 Å². The summed E-state index contributed by atoms with van der Waals surface area (Å²) in [5, 5.41) is 6.54. The van der Waals surface area contributed by atoms with E-state index >= 15 is 0 Å². The van der Waals surface area contributed by atoms with Crippen LogP contribution in [0.2, 0.25) is 10.0 Å². The van der Waals surface area contributed by atoms with Crippen LogP contribution in [0.3, 0.4) is 0 Å². The number of methoxy groups -OCH3 is 1. The van der Waals surface area contributed by atoms with Crippen LogP contribution in [0.1, 0.15) is 15.9 Å². The number of benzene rings is 1. The number of halogens is 2. The number of nitrogens with zero attached hydrogens (tertiary/aromatic N) is 2. The summed E-state index contributed by atoms with van der Waals surface area (Å²) in [7, 11) is 3.14. The standard InChI is InChI=1S/C14H15Cl2N5O2/c1-6-10(8(15)4-7(12(17)22)11(6)23-3)20-14-19-5-9(16)13(18-2)21-14/h4-5H,1-3H3,(H2,17,22)(H2,18,19,20,21). The van der Waals surface area contributed by atoms with Gasteiger partial charge in [0.15, 0.2) is 0 Å². The highest BCUT2D eigenvalue weighted by atomic mass is 35.5. The van der Waals surface area contributed by atoms with Crippen LogP contribution in [0, 0.1) is 6.92 Å². The molecule has 0 atom stereocenters. The lowest BCUT2D eigenvalue weighted by atomic mass is 10.1. The van der Waals surface area contributed by atoms with Crippen molar-refractivity contribution in [2.24, 2.45) is 5.73 Å². The molecule has 0 fully saturated rings. The van der Waals surface area contributed by atoms with Gasteiger partial charge in [-0.3, -0.25) is 4.79 Å². The highest BCUT2D eigenvalue weighted by molar-refractivity contribution is 6.34. The predicted molar refractivity (Wildman–Crippen MR) is 91.1 cm³/mol. The smallest absolute Gasteiger partial charge is 0.252 e. The van der Waals surface area contributed by atoms with E-state index in [1.54, 1.807) is 14.0 Å². The van der Waals surface area contributed by atoms with Gasteiger partial charge < -0.3 is 21.1 Å². The number of nitrogens with two attached hydrogens (primary N) is 1. The lowest BCUT2D eigenvalue weighted by Crippen LogP contribution is -2.14. The summed E-state index contributed by atoms with van der Waals surface area (Å²) in [4.78, 5) is 19.8. The van der Waals surface area contributed by atoms with Gasteiger partial charge >= 0.3 is 0 Å². The van der Waals surface area contributed by atoms with E-state index in [4.69, 9.17) is 33.7 Å². The number of aromatic nitrogens is 2. The molecule has 0 unspecified atom stereocenters. The third-order valence-corrected chi connectivity index (χ3v) is 3.73. The van der Waals surface area contributed by atoms with E-state index in [2.05, 4.69) is 20.6 Å². The predicted octanol–water partition coefficient (Wildman–Crippen LogP) is 2.98. The van der Waals surface area contributed by atoms with Crippen molar-refractivity contribution in [3.05, 3.63) is 33.4 Å². The molecule has 0 aliphatic carbocycles. The topological polar surface area (TPSA) is 102 Å². The first-order valence-electron chi connectivity index (χ1n) is 6.53. The molecular formula is C14H15Cl2N5O2. The van der Waals surface area contributed by atoms with Gasteiger partial charge in [-0.1, -0.05) is 23.2 Å². The molecule has 7 nitrogen and oxygen atoms in total. The monoisotopic (exact) mass is 355 g/mol. The van der Waals surface area contributed by atoms with E-state index in [1.165, 1.54) is 19.4 Å². The molecule has 2 aromatic rings. The number of hydrogen-bond donors (Lipinski definition) is 3. The Morgan fingerprint density at radius 1 is 1.35 bits per heavy atom. The van der Waals surface area contributed by atoms with Gasteiger partial charge in [0.25, 0.3) is 5.91 Å². The van der Waals surface area contributed by atoms with Crippen LogP contribution in [-0.4, -0.2) is 30.0 Å². The molecule has 0 spiro atoms. The Morgan fingerprint density at radius 3 is 2.61 bits per heavy atom. The van der Waals surface area contributed by atoms with Crippen LogP contribution in [0.5, 0.6) is 5.75 Å². The van der Waals surface area contributed by atoms with Crippen LogP contribution in [-0.2, 0) is 0 Å². The van der Waals surface area contributed by atoms with Crippen molar-refractivity contribution < 1.29 is 9.53 Å². The molecule has 9 heteroatoms. The van der Waals surface area contributed by atoms with Crippen molar-refractivity contribution in [3.63, 3.8) is 0 Å². The maximum atomic E-state index is 11.5. The van der Waals surface area contributed by atoms with E-state index in [-0.39, 0.29) is 11.5 Å². The number of rotatable bonds is 5. The Hall–Kier alpha value is -2.25. The molecule has 1 heterocycles. The fourth-order valence-electron chi connectivity index (χ4n) is 2.07. The molecule has 2 rings (SSSR count). The van der Waals surface area contributed by atoms with Gasteiger partial charge in [-0.25, -0.2) is 4.98 Å². The average molecular weight is 356 g/mol. The van der Waals surface area contributed by atoms with Gasteiger partial charge in [0.2, 0.25) is 5.95 Å². The molecule has 0 radical (unpaired) electrons. The Labute approximate surface area is 143 Å². The van der Waals surface area contributed by atoms with Crippen LogP contribution >= 0.6 is 23.2 Å². The third kappa shape index (κ3) is 3.40. The zero-order valence-corrected chi connectivity index (χ0v) is 14.2. The molecule has 1 aromatic carbocycles. The Morgan fingerprint density at radius 2 is 2.04 bits per heavy atom. The molecule has 23 heavy (non-hydrogen) atoms. The van der Waals surface area contributed by atoms with Gasteiger partial charge in [-0.05, 0) is 13.0 Å². The van der Waals surface area contributed by atoms with Crippen molar-refractivity contribution >= 4 is 46.6 Å². The summed E-state index contributed by atoms with van der Waals surface area (Å²) in [5.41, 5.74) is 6.66. The molecule has 0 saturated heterocycles. The molecular weight excluding hydrogens is 341 g/mol. The van der Waals surface area contributed by atoms with E-state index < -0.39 is 5.91 Å². The summed E-state index contributed by atoms with van der Waals surface area (Å²) >= 11 is 12.2. The summed E-state index contributed by atoms with van der Waals surface area (Å²) < 4.78 is 5.26. The third-order valence-electron chi connectivity index (χ3n) is 3.16. The summed E-state index contributed by atoms with van der Waals surface area (Å²) in [5.74, 6) is 0.474. The first-order valence-corrected chi connectivity index (χ1v) is 7.28. The van der Waals surface area contributed by atoms with Gasteiger partial charge in [-0.15, -0.1) is 0 Å². The molecule has 0 aliphatic rings. The van der Waals surface area contributed by atoms with Gasteiger partial charge in [0.1, 0.15) is 16.6 Å². The molecule has 4 N–H and O–H groups in total. The number of amides is 1. The summed E-state index contributed by atoms with van der Waals surface area (Å²) in [6, 6.07) is 1.44. The van der Waals surface area contributed by atoms with Gasteiger partial charge in [-0.2, -0.15) is 4.98 Å². The second kappa shape index (κ2) is 6.89. The molecule has 0 saturated carbocycles. The first-order chi connectivity index (χ1) is 10.9. The van der Waals surface area contributed by atoms with Crippen LogP contribution in [0.15, 0.2) is 12.3 Å². The maximum absolute atomic E-state index is 11.5. The highest BCUT2D eigenvalue weighted by Crippen LogP contribution is 2.37. The van der Waals surface area contributed by atoms with Crippen molar-refractivity contribution in [1.29, 1.82) is 0 Å². The minimum Gasteiger partial charge on any atom is -0.496 e. The number of nitrogens with one attached hydrogen (secondary N) is 2. The fraction of sp³-hybridized carbons (Fsp3) is 0.214. The maximum Gasteiger partial charge on any atom is 0.252 e. The minimum atomic E-state index is -0.626. The Kier molecular flexibility index (Phi) is 5.12.